The molecule has 2 N–H and O–H groups in total. The lowest BCUT2D eigenvalue weighted by Crippen LogP contribution is -2.49. The van der Waals surface area contributed by atoms with Crippen molar-refractivity contribution in [3.8, 4) is 5.69 Å². The molecule has 10 nitrogen and oxygen atoms in total. The molecule has 0 aliphatic carbocycles. The molecule has 0 spiro atoms. The topological polar surface area (TPSA) is 122 Å². The fraction of sp³-hybridized carbons (Fsp3) is 0.304. The number of hydrogen-bond acceptors (Lipinski definition) is 7. The number of hydrogen-bond donors (Lipinski definition) is 2. The average Bonchev–Trinajstić information content (AvgIpc) is 3.37. The Labute approximate surface area is 201 Å². The maximum Gasteiger partial charge on any atom is 0.344 e. The zero-order valence-corrected chi connectivity index (χ0v) is 19.9. The number of tetrazole rings is 1. The quantitative estimate of drug-likeness (QED) is 0.376. The summed E-state index contributed by atoms with van der Waals surface area (Å²) in [5.74, 6) is -1.09. The molecule has 1 fully saturated rings. The van der Waals surface area contributed by atoms with Gasteiger partial charge in [0.1, 0.15) is 5.54 Å². The molecule has 3 aromatic rings. The van der Waals surface area contributed by atoms with Crippen LogP contribution in [-0.2, 0) is 16.0 Å². The van der Waals surface area contributed by atoms with Crippen molar-refractivity contribution in [3.63, 3.8) is 0 Å². The van der Waals surface area contributed by atoms with Crippen molar-refractivity contribution in [1.82, 2.24) is 36.0 Å². The molecule has 1 aliphatic rings. The predicted molar refractivity (Wildman–Crippen MR) is 126 cm³/mol. The second kappa shape index (κ2) is 9.64. The number of urea groups is 1. The second-order valence-electron chi connectivity index (χ2n) is 8.30. The highest BCUT2D eigenvalue weighted by atomic mass is 32.2. The summed E-state index contributed by atoms with van der Waals surface area (Å²) < 4.78 is 1.56. The fourth-order valence-electron chi connectivity index (χ4n) is 3.67. The van der Waals surface area contributed by atoms with Crippen LogP contribution >= 0.6 is 11.8 Å². The zero-order valence-electron chi connectivity index (χ0n) is 19.1. The van der Waals surface area contributed by atoms with E-state index in [1.807, 2.05) is 62.4 Å². The first-order chi connectivity index (χ1) is 16.3. The Kier molecular flexibility index (Phi) is 6.64. The van der Waals surface area contributed by atoms with Crippen molar-refractivity contribution in [2.45, 2.75) is 44.3 Å². The number of imide groups is 1. The Hall–Kier alpha value is -3.73. The molecule has 176 valence electrons. The van der Waals surface area contributed by atoms with Gasteiger partial charge in [-0.3, -0.25) is 15.0 Å². The number of nitrogens with zero attached hydrogens (tertiary/aromatic N) is 5. The van der Waals surface area contributed by atoms with E-state index in [-0.39, 0.29) is 5.75 Å². The van der Waals surface area contributed by atoms with E-state index in [9.17, 15) is 14.4 Å². The number of rotatable bonds is 8. The van der Waals surface area contributed by atoms with Crippen LogP contribution in [0, 0.1) is 13.8 Å². The van der Waals surface area contributed by atoms with Crippen molar-refractivity contribution in [2.75, 3.05) is 5.75 Å². The number of thioether (sulfide) groups is 1. The van der Waals surface area contributed by atoms with Crippen LogP contribution in [0.3, 0.4) is 0 Å². The van der Waals surface area contributed by atoms with Crippen LogP contribution in [0.25, 0.3) is 5.69 Å². The SMILES string of the molecule is Cc1cccc(-n2nnnc2SCC(=O)NN2C(=O)N[C@](C)(CCc3ccccc3)C2=O)c1C. The Balaban J connectivity index is 1.37. The standard InChI is InChI=1S/C23H25N7O3S/c1-15-8-7-11-18(16(15)2)29-22(25-27-28-29)34-14-19(31)26-30-20(32)23(3,24-21(30)33)13-12-17-9-5-4-6-10-17/h4-11H,12-14H2,1-3H3,(H,24,33)(H,26,31)/t23-/m1/s1. The molecule has 2 heterocycles. The van der Waals surface area contributed by atoms with Crippen LogP contribution in [0.15, 0.2) is 53.7 Å². The number of carbonyl (C=O) groups excluding carboxylic acids is 3. The summed E-state index contributed by atoms with van der Waals surface area (Å²) in [6.45, 7) is 5.63. The molecule has 1 aliphatic heterocycles. The molecule has 0 unspecified atom stereocenters. The van der Waals surface area contributed by atoms with Gasteiger partial charge in [-0.15, -0.1) is 5.10 Å². The van der Waals surface area contributed by atoms with Gasteiger partial charge in [0.2, 0.25) is 11.1 Å². The molecule has 2 aromatic carbocycles. The minimum Gasteiger partial charge on any atom is -0.322 e. The molecule has 0 saturated carbocycles. The smallest absolute Gasteiger partial charge is 0.322 e. The lowest BCUT2D eigenvalue weighted by molar-refractivity contribution is -0.138. The van der Waals surface area contributed by atoms with Crippen molar-refractivity contribution < 1.29 is 14.4 Å². The summed E-state index contributed by atoms with van der Waals surface area (Å²) in [6, 6.07) is 14.8. The summed E-state index contributed by atoms with van der Waals surface area (Å²) in [6.07, 6.45) is 1.02. The highest BCUT2D eigenvalue weighted by molar-refractivity contribution is 7.99. The van der Waals surface area contributed by atoms with Crippen molar-refractivity contribution >= 4 is 29.6 Å². The third kappa shape index (κ3) is 4.79. The van der Waals surface area contributed by atoms with Crippen LogP contribution in [0.5, 0.6) is 0 Å². The molecule has 1 atom stereocenters. The second-order valence-corrected chi connectivity index (χ2v) is 9.25. The van der Waals surface area contributed by atoms with Gasteiger partial charge in [0.05, 0.1) is 11.4 Å². The zero-order chi connectivity index (χ0) is 24.3. The Morgan fingerprint density at radius 3 is 2.65 bits per heavy atom. The van der Waals surface area contributed by atoms with Gasteiger partial charge in [-0.05, 0) is 66.8 Å². The lowest BCUT2D eigenvalue weighted by Gasteiger charge is -2.21. The lowest BCUT2D eigenvalue weighted by atomic mass is 9.93. The summed E-state index contributed by atoms with van der Waals surface area (Å²) in [7, 11) is 0. The Morgan fingerprint density at radius 2 is 1.88 bits per heavy atom. The molecular formula is C23H25N7O3S. The highest BCUT2D eigenvalue weighted by Crippen LogP contribution is 2.24. The maximum absolute atomic E-state index is 12.9. The van der Waals surface area contributed by atoms with Crippen LogP contribution in [0.1, 0.15) is 30.0 Å². The van der Waals surface area contributed by atoms with E-state index in [1.165, 1.54) is 0 Å². The number of benzene rings is 2. The van der Waals surface area contributed by atoms with E-state index in [0.29, 0.717) is 18.0 Å². The molecule has 1 saturated heterocycles. The Morgan fingerprint density at radius 1 is 1.12 bits per heavy atom. The van der Waals surface area contributed by atoms with Gasteiger partial charge < -0.3 is 5.32 Å². The number of hydrazine groups is 1. The third-order valence-electron chi connectivity index (χ3n) is 5.83. The van der Waals surface area contributed by atoms with Gasteiger partial charge in [0.25, 0.3) is 5.91 Å². The van der Waals surface area contributed by atoms with Crippen LogP contribution in [0.2, 0.25) is 0 Å². The molecule has 0 bridgehead atoms. The number of nitrogens with one attached hydrogen (secondary N) is 2. The van der Waals surface area contributed by atoms with Gasteiger partial charge in [0, 0.05) is 0 Å². The minimum atomic E-state index is -1.10. The summed E-state index contributed by atoms with van der Waals surface area (Å²) in [5, 5.41) is 15.6. The average molecular weight is 480 g/mol. The highest BCUT2D eigenvalue weighted by Gasteiger charge is 2.48. The van der Waals surface area contributed by atoms with Crippen molar-refractivity contribution in [1.29, 1.82) is 0 Å². The minimum absolute atomic E-state index is 0.0803. The van der Waals surface area contributed by atoms with Gasteiger partial charge in [0.15, 0.2) is 0 Å². The molecule has 1 aromatic heterocycles. The van der Waals surface area contributed by atoms with Gasteiger partial charge in [-0.2, -0.15) is 9.69 Å². The molecule has 0 radical (unpaired) electrons. The third-order valence-corrected chi connectivity index (χ3v) is 6.75. The van der Waals surface area contributed by atoms with Gasteiger partial charge >= 0.3 is 6.03 Å². The first-order valence-electron chi connectivity index (χ1n) is 10.8. The molecular weight excluding hydrogens is 454 g/mol. The number of amides is 4. The normalized spacial score (nSPS) is 17.7. The van der Waals surface area contributed by atoms with Crippen LogP contribution < -0.4 is 10.7 Å². The largest absolute Gasteiger partial charge is 0.344 e. The van der Waals surface area contributed by atoms with E-state index in [2.05, 4.69) is 26.3 Å². The number of aryl methyl sites for hydroxylation is 2. The van der Waals surface area contributed by atoms with Gasteiger partial charge in [-0.1, -0.05) is 54.2 Å². The van der Waals surface area contributed by atoms with Gasteiger partial charge in [-0.25, -0.2) is 4.79 Å². The van der Waals surface area contributed by atoms with E-state index < -0.39 is 23.4 Å². The molecule has 4 amide bonds. The number of aromatic nitrogens is 4. The van der Waals surface area contributed by atoms with E-state index >= 15 is 0 Å². The predicted octanol–water partition coefficient (Wildman–Crippen LogP) is 2.35. The first-order valence-corrected chi connectivity index (χ1v) is 11.7. The van der Waals surface area contributed by atoms with E-state index in [1.54, 1.807) is 11.6 Å². The first kappa shape index (κ1) is 23.4. The monoisotopic (exact) mass is 479 g/mol. The van der Waals surface area contributed by atoms with E-state index in [4.69, 9.17) is 0 Å². The van der Waals surface area contributed by atoms with Crippen LogP contribution in [-0.4, -0.2) is 54.4 Å². The summed E-state index contributed by atoms with van der Waals surface area (Å²) in [4.78, 5) is 37.9. The summed E-state index contributed by atoms with van der Waals surface area (Å²) >= 11 is 1.11. The van der Waals surface area contributed by atoms with Crippen molar-refractivity contribution in [3.05, 3.63) is 65.2 Å². The molecule has 11 heteroatoms. The van der Waals surface area contributed by atoms with E-state index in [0.717, 1.165) is 39.1 Å². The molecule has 4 rings (SSSR count). The maximum atomic E-state index is 12.9. The fourth-order valence-corrected chi connectivity index (χ4v) is 4.34. The van der Waals surface area contributed by atoms with Crippen molar-refractivity contribution in [2.24, 2.45) is 0 Å². The number of carbonyl (C=O) groups is 3. The Bertz CT molecular complexity index is 1230. The molecule has 34 heavy (non-hydrogen) atoms. The van der Waals surface area contributed by atoms with Crippen LogP contribution in [0.4, 0.5) is 4.79 Å². The summed E-state index contributed by atoms with van der Waals surface area (Å²) in [5.41, 5.74) is 5.30.